The molecule has 0 spiro atoms. The Bertz CT molecular complexity index is 551. The summed E-state index contributed by atoms with van der Waals surface area (Å²) in [6.45, 7) is 4.02. The zero-order valence-corrected chi connectivity index (χ0v) is 17.9. The molecule has 0 bridgehead atoms. The van der Waals surface area contributed by atoms with Gasteiger partial charge in [0.25, 0.3) is 0 Å². The maximum atomic E-state index is 12.8. The van der Waals surface area contributed by atoms with Gasteiger partial charge in [0.05, 0.1) is 0 Å². The van der Waals surface area contributed by atoms with E-state index in [1.54, 1.807) is 6.08 Å². The summed E-state index contributed by atoms with van der Waals surface area (Å²) in [6.07, 6.45) is 8.37. The van der Waals surface area contributed by atoms with Crippen LogP contribution in [0.25, 0.3) is 6.08 Å². The Morgan fingerprint density at radius 1 is 1.12 bits per heavy atom. The number of hydrogen-bond donors (Lipinski definition) is 0. The maximum absolute atomic E-state index is 12.8. The summed E-state index contributed by atoms with van der Waals surface area (Å²) in [5.74, 6) is 0.935. The van der Waals surface area contributed by atoms with Crippen molar-refractivity contribution in [2.24, 2.45) is 5.92 Å². The summed E-state index contributed by atoms with van der Waals surface area (Å²) in [6, 6.07) is 8.41. The fourth-order valence-corrected chi connectivity index (χ4v) is 3.44. The van der Waals surface area contributed by atoms with Crippen molar-refractivity contribution in [3.05, 3.63) is 40.4 Å². The molecule has 140 valence electrons. The van der Waals surface area contributed by atoms with Crippen molar-refractivity contribution in [1.82, 2.24) is 9.80 Å². The first-order valence-corrected chi connectivity index (χ1v) is 9.64. The predicted molar refractivity (Wildman–Crippen MR) is 112 cm³/mol. The molecular weight excluding hydrogens is 400 g/mol. The second-order valence-electron chi connectivity index (χ2n) is 7.13. The first-order chi connectivity index (χ1) is 11.5. The Labute approximate surface area is 167 Å². The van der Waals surface area contributed by atoms with E-state index in [0.29, 0.717) is 6.04 Å². The highest BCUT2D eigenvalue weighted by molar-refractivity contribution is 9.10. The van der Waals surface area contributed by atoms with Crippen LogP contribution in [-0.4, -0.2) is 48.9 Å². The topological polar surface area (TPSA) is 23.6 Å². The van der Waals surface area contributed by atoms with Crippen LogP contribution in [0.2, 0.25) is 0 Å². The van der Waals surface area contributed by atoms with Crippen molar-refractivity contribution in [3.63, 3.8) is 0 Å². The van der Waals surface area contributed by atoms with E-state index in [-0.39, 0.29) is 18.3 Å². The van der Waals surface area contributed by atoms with Crippen molar-refractivity contribution in [3.8, 4) is 0 Å². The van der Waals surface area contributed by atoms with Gasteiger partial charge in [0.1, 0.15) is 0 Å². The van der Waals surface area contributed by atoms with Gasteiger partial charge in [-0.1, -0.05) is 35.0 Å². The van der Waals surface area contributed by atoms with Crippen LogP contribution < -0.4 is 0 Å². The average molecular weight is 430 g/mol. The van der Waals surface area contributed by atoms with Gasteiger partial charge in [0, 0.05) is 29.7 Å². The lowest BCUT2D eigenvalue weighted by atomic mass is 9.86. The molecule has 1 aromatic rings. The molecule has 0 unspecified atom stereocenters. The van der Waals surface area contributed by atoms with Gasteiger partial charge in [0.2, 0.25) is 5.91 Å². The minimum atomic E-state index is 0. The van der Waals surface area contributed by atoms with Crippen LogP contribution in [0, 0.1) is 5.92 Å². The van der Waals surface area contributed by atoms with Gasteiger partial charge in [-0.25, -0.2) is 0 Å². The van der Waals surface area contributed by atoms with Crippen LogP contribution in [0.15, 0.2) is 34.8 Å². The van der Waals surface area contributed by atoms with Crippen LogP contribution in [0.1, 0.15) is 38.2 Å². The number of amides is 1. The molecule has 0 aromatic heterocycles. The third-order valence-corrected chi connectivity index (χ3v) is 5.31. The minimum absolute atomic E-state index is 0. The molecule has 0 aliphatic heterocycles. The van der Waals surface area contributed by atoms with E-state index in [4.69, 9.17) is 0 Å². The number of halogens is 2. The van der Waals surface area contributed by atoms with E-state index in [2.05, 4.69) is 46.7 Å². The lowest BCUT2D eigenvalue weighted by molar-refractivity contribution is -0.129. The molecule has 1 aliphatic carbocycles. The van der Waals surface area contributed by atoms with Crippen molar-refractivity contribution >= 4 is 40.3 Å². The third-order valence-electron chi connectivity index (χ3n) is 4.79. The van der Waals surface area contributed by atoms with Gasteiger partial charge in [-0.05, 0) is 69.5 Å². The van der Waals surface area contributed by atoms with Gasteiger partial charge in [-0.3, -0.25) is 4.79 Å². The normalized spacial score (nSPS) is 20.5. The SMILES string of the molecule is CN(C)CCN(C(=O)/C=C/c1ccc(Br)cc1)[C@H]1CC[C@H](C)CC1.Cl. The molecule has 1 fully saturated rings. The van der Waals surface area contributed by atoms with Crippen LogP contribution >= 0.6 is 28.3 Å². The Morgan fingerprint density at radius 3 is 2.28 bits per heavy atom. The largest absolute Gasteiger partial charge is 0.335 e. The summed E-state index contributed by atoms with van der Waals surface area (Å²) in [5.41, 5.74) is 1.05. The van der Waals surface area contributed by atoms with E-state index in [9.17, 15) is 4.79 Å². The van der Waals surface area contributed by atoms with Crippen LogP contribution in [0.5, 0.6) is 0 Å². The van der Waals surface area contributed by atoms with Crippen molar-refractivity contribution in [2.45, 2.75) is 38.6 Å². The highest BCUT2D eigenvalue weighted by atomic mass is 79.9. The average Bonchev–Trinajstić information content (AvgIpc) is 2.56. The molecule has 1 saturated carbocycles. The van der Waals surface area contributed by atoms with Crippen LogP contribution in [0.3, 0.4) is 0 Å². The fourth-order valence-electron chi connectivity index (χ4n) is 3.17. The lowest BCUT2D eigenvalue weighted by Gasteiger charge is -2.36. The molecule has 2 rings (SSSR count). The Kier molecular flexibility index (Phi) is 9.77. The van der Waals surface area contributed by atoms with E-state index >= 15 is 0 Å². The number of nitrogens with zero attached hydrogens (tertiary/aromatic N) is 2. The van der Waals surface area contributed by atoms with Crippen LogP contribution in [0.4, 0.5) is 0 Å². The molecule has 0 N–H and O–H groups in total. The van der Waals surface area contributed by atoms with Gasteiger partial charge >= 0.3 is 0 Å². The number of carbonyl (C=O) groups is 1. The summed E-state index contributed by atoms with van der Waals surface area (Å²) >= 11 is 3.44. The molecule has 5 heteroatoms. The molecule has 25 heavy (non-hydrogen) atoms. The second-order valence-corrected chi connectivity index (χ2v) is 8.05. The Balaban J connectivity index is 0.00000312. The first-order valence-electron chi connectivity index (χ1n) is 8.84. The van der Waals surface area contributed by atoms with Gasteiger partial charge in [0.15, 0.2) is 0 Å². The number of likely N-dealkylation sites (N-methyl/N-ethyl adjacent to an activating group) is 1. The van der Waals surface area contributed by atoms with Gasteiger partial charge in [-0.15, -0.1) is 12.4 Å². The van der Waals surface area contributed by atoms with Crippen molar-refractivity contribution in [2.75, 3.05) is 27.2 Å². The van der Waals surface area contributed by atoms with Crippen molar-refractivity contribution < 1.29 is 4.79 Å². The van der Waals surface area contributed by atoms with Gasteiger partial charge in [-0.2, -0.15) is 0 Å². The summed E-state index contributed by atoms with van der Waals surface area (Å²) in [4.78, 5) is 17.0. The monoisotopic (exact) mass is 428 g/mol. The molecule has 0 atom stereocenters. The quantitative estimate of drug-likeness (QED) is 0.603. The Hall–Kier alpha value is -0.840. The molecule has 1 amide bonds. The van der Waals surface area contributed by atoms with Crippen molar-refractivity contribution in [1.29, 1.82) is 0 Å². The number of benzene rings is 1. The van der Waals surface area contributed by atoms with E-state index in [1.165, 1.54) is 12.8 Å². The Morgan fingerprint density at radius 2 is 1.72 bits per heavy atom. The fraction of sp³-hybridized carbons (Fsp3) is 0.550. The number of rotatable bonds is 6. The van der Waals surface area contributed by atoms with Gasteiger partial charge < -0.3 is 9.80 Å². The molecule has 1 aliphatic rings. The minimum Gasteiger partial charge on any atom is -0.335 e. The molecule has 0 saturated heterocycles. The summed E-state index contributed by atoms with van der Waals surface area (Å²) in [7, 11) is 4.12. The predicted octanol–water partition coefficient (Wildman–Crippen LogP) is 4.85. The lowest BCUT2D eigenvalue weighted by Crippen LogP contribution is -2.44. The number of hydrogen-bond acceptors (Lipinski definition) is 2. The zero-order chi connectivity index (χ0) is 17.5. The summed E-state index contributed by atoms with van der Waals surface area (Å²) in [5, 5.41) is 0. The third kappa shape index (κ3) is 7.51. The second kappa shape index (κ2) is 11.0. The number of carbonyl (C=O) groups excluding carboxylic acids is 1. The molecule has 3 nitrogen and oxygen atoms in total. The highest BCUT2D eigenvalue weighted by Crippen LogP contribution is 2.27. The molecular formula is C20H30BrClN2O. The van der Waals surface area contributed by atoms with E-state index in [0.717, 1.165) is 41.9 Å². The smallest absolute Gasteiger partial charge is 0.246 e. The molecule has 0 heterocycles. The highest BCUT2D eigenvalue weighted by Gasteiger charge is 2.26. The zero-order valence-electron chi connectivity index (χ0n) is 15.5. The first kappa shape index (κ1) is 22.2. The molecule has 0 radical (unpaired) electrons. The van der Waals surface area contributed by atoms with E-state index in [1.807, 2.05) is 30.3 Å². The maximum Gasteiger partial charge on any atom is 0.246 e. The standard InChI is InChI=1S/C20H29BrN2O.ClH/c1-16-4-11-19(12-5-16)23(15-14-22(2)3)20(24)13-8-17-6-9-18(21)10-7-17;/h6-10,13,16,19H,4-5,11-12,14-15H2,1-3H3;1H/b13-8+;/t16-,19-;. The van der Waals surface area contributed by atoms with E-state index < -0.39 is 0 Å². The van der Waals surface area contributed by atoms with Crippen LogP contribution in [-0.2, 0) is 4.79 Å². The molecule has 1 aromatic carbocycles. The summed E-state index contributed by atoms with van der Waals surface area (Å²) < 4.78 is 1.05.